The van der Waals surface area contributed by atoms with Crippen molar-refractivity contribution in [2.24, 2.45) is 4.99 Å². The molecule has 0 saturated carbocycles. The molecule has 0 radical (unpaired) electrons. The van der Waals surface area contributed by atoms with Crippen molar-refractivity contribution in [3.63, 3.8) is 0 Å². The quantitative estimate of drug-likeness (QED) is 0.791. The van der Waals surface area contributed by atoms with E-state index in [0.29, 0.717) is 5.84 Å². The van der Waals surface area contributed by atoms with Crippen LogP contribution in [0.25, 0.3) is 10.8 Å². The zero-order valence-corrected chi connectivity index (χ0v) is 9.47. The number of nitrogens with zero attached hydrogens (tertiary/aromatic N) is 1. The molecule has 0 aromatic heterocycles. The minimum atomic E-state index is -0.288. The van der Waals surface area contributed by atoms with Gasteiger partial charge in [-0.3, -0.25) is 9.79 Å². The molecule has 0 bridgehead atoms. The summed E-state index contributed by atoms with van der Waals surface area (Å²) in [4.78, 5) is 15.8. The third-order valence-electron chi connectivity index (χ3n) is 2.99. The van der Waals surface area contributed by atoms with Gasteiger partial charge in [0.15, 0.2) is 0 Å². The van der Waals surface area contributed by atoms with Gasteiger partial charge in [0.05, 0.1) is 0 Å². The summed E-state index contributed by atoms with van der Waals surface area (Å²) in [6.45, 7) is 1.80. The topological polar surface area (TPSA) is 41.5 Å². The van der Waals surface area contributed by atoms with E-state index in [4.69, 9.17) is 0 Å². The summed E-state index contributed by atoms with van der Waals surface area (Å²) in [7, 11) is 0. The normalized spacial score (nSPS) is 19.2. The van der Waals surface area contributed by atoms with Gasteiger partial charge in [0, 0.05) is 5.56 Å². The lowest BCUT2D eigenvalue weighted by Gasteiger charge is -2.05. The maximum atomic E-state index is 11.5. The largest absolute Gasteiger partial charge is 0.309 e. The highest BCUT2D eigenvalue weighted by molar-refractivity contribution is 6.18. The van der Waals surface area contributed by atoms with E-state index in [-0.39, 0.29) is 11.9 Å². The molecule has 2 aromatic carbocycles. The van der Waals surface area contributed by atoms with E-state index in [9.17, 15) is 4.79 Å². The molecule has 3 rings (SSSR count). The third kappa shape index (κ3) is 1.60. The maximum absolute atomic E-state index is 11.5. The molecule has 0 spiro atoms. The van der Waals surface area contributed by atoms with Crippen molar-refractivity contribution in [2.45, 2.75) is 13.0 Å². The highest BCUT2D eigenvalue weighted by Crippen LogP contribution is 2.20. The molecule has 17 heavy (non-hydrogen) atoms. The van der Waals surface area contributed by atoms with E-state index in [1.54, 1.807) is 6.92 Å². The molecule has 1 N–H and O–H groups in total. The van der Waals surface area contributed by atoms with Crippen molar-refractivity contribution in [1.82, 2.24) is 5.32 Å². The van der Waals surface area contributed by atoms with Crippen LogP contribution in [-0.4, -0.2) is 17.8 Å². The molecule has 3 heteroatoms. The van der Waals surface area contributed by atoms with Gasteiger partial charge >= 0.3 is 0 Å². The van der Waals surface area contributed by atoms with E-state index in [2.05, 4.69) is 22.4 Å². The Hall–Kier alpha value is -2.16. The number of fused-ring (bicyclic) bond motifs is 1. The Morgan fingerprint density at radius 1 is 1.12 bits per heavy atom. The Balaban J connectivity index is 2.19. The minimum absolute atomic E-state index is 0.0343. The van der Waals surface area contributed by atoms with Gasteiger partial charge in [0.25, 0.3) is 0 Å². The second-order valence-corrected chi connectivity index (χ2v) is 4.17. The van der Waals surface area contributed by atoms with E-state index in [1.807, 2.05) is 30.3 Å². The summed E-state index contributed by atoms with van der Waals surface area (Å²) in [6, 6.07) is 13.8. The van der Waals surface area contributed by atoms with Crippen LogP contribution in [0.1, 0.15) is 12.5 Å². The summed E-state index contributed by atoms with van der Waals surface area (Å²) in [5.41, 5.74) is 0.987. The van der Waals surface area contributed by atoms with Crippen molar-refractivity contribution in [1.29, 1.82) is 0 Å². The van der Waals surface area contributed by atoms with E-state index in [0.717, 1.165) is 16.3 Å². The summed E-state index contributed by atoms with van der Waals surface area (Å²) < 4.78 is 0. The van der Waals surface area contributed by atoms with Crippen LogP contribution < -0.4 is 5.32 Å². The minimum Gasteiger partial charge on any atom is -0.309 e. The Labute approximate surface area is 99.2 Å². The second-order valence-electron chi connectivity index (χ2n) is 4.17. The molecule has 1 amide bonds. The predicted molar refractivity (Wildman–Crippen MR) is 68.1 cm³/mol. The van der Waals surface area contributed by atoms with Crippen molar-refractivity contribution in [3.8, 4) is 0 Å². The fourth-order valence-electron chi connectivity index (χ4n) is 2.07. The average molecular weight is 224 g/mol. The van der Waals surface area contributed by atoms with Crippen molar-refractivity contribution in [2.75, 3.05) is 0 Å². The molecular formula is C14H12N2O. The molecular weight excluding hydrogens is 212 g/mol. The Kier molecular flexibility index (Phi) is 2.18. The molecule has 1 heterocycles. The molecule has 1 aliphatic rings. The molecule has 0 fully saturated rings. The first kappa shape index (κ1) is 10.0. The lowest BCUT2D eigenvalue weighted by molar-refractivity contribution is -0.119. The van der Waals surface area contributed by atoms with Gasteiger partial charge < -0.3 is 5.32 Å². The molecule has 0 aliphatic carbocycles. The number of amides is 1. The molecule has 3 nitrogen and oxygen atoms in total. The first-order chi connectivity index (χ1) is 8.25. The molecule has 84 valence electrons. The fourth-order valence-corrected chi connectivity index (χ4v) is 2.07. The molecule has 0 saturated heterocycles. The highest BCUT2D eigenvalue weighted by Gasteiger charge is 2.23. The van der Waals surface area contributed by atoms with Gasteiger partial charge in [-0.15, -0.1) is 0 Å². The lowest BCUT2D eigenvalue weighted by atomic mass is 10.0. The van der Waals surface area contributed by atoms with Crippen LogP contribution in [0.4, 0.5) is 0 Å². The number of carbonyl (C=O) groups excluding carboxylic acids is 1. The predicted octanol–water partition coefficient (Wildman–Crippen LogP) is 2.10. The van der Waals surface area contributed by atoms with Gasteiger partial charge in [-0.05, 0) is 17.7 Å². The van der Waals surface area contributed by atoms with Gasteiger partial charge in [0.1, 0.15) is 11.9 Å². The van der Waals surface area contributed by atoms with Gasteiger partial charge in [-0.2, -0.15) is 0 Å². The van der Waals surface area contributed by atoms with Gasteiger partial charge in [0.2, 0.25) is 5.91 Å². The SMILES string of the molecule is CC1N=C(c2cccc3ccccc23)NC1=O. The Morgan fingerprint density at radius 3 is 2.65 bits per heavy atom. The number of carbonyl (C=O) groups is 1. The number of amidine groups is 1. The molecule has 1 unspecified atom stereocenters. The third-order valence-corrected chi connectivity index (χ3v) is 2.99. The number of hydrogen-bond donors (Lipinski definition) is 1. The second kappa shape index (κ2) is 3.70. The van der Waals surface area contributed by atoms with E-state index in [1.165, 1.54) is 0 Å². The number of nitrogens with one attached hydrogen (secondary N) is 1. The standard InChI is InChI=1S/C14H12N2O/c1-9-14(17)16-13(15-9)12-8-4-6-10-5-2-3-7-11(10)12/h2-9H,1H3,(H,15,16,17). The maximum Gasteiger partial charge on any atom is 0.250 e. The number of hydrogen-bond acceptors (Lipinski definition) is 2. The van der Waals surface area contributed by atoms with Crippen molar-refractivity contribution < 1.29 is 4.79 Å². The van der Waals surface area contributed by atoms with Crippen LogP contribution in [0.5, 0.6) is 0 Å². The molecule has 1 atom stereocenters. The fraction of sp³-hybridized carbons (Fsp3) is 0.143. The first-order valence-electron chi connectivity index (χ1n) is 5.62. The van der Waals surface area contributed by atoms with Crippen LogP contribution in [0.15, 0.2) is 47.5 Å². The zero-order valence-electron chi connectivity index (χ0n) is 9.47. The smallest absolute Gasteiger partial charge is 0.250 e. The van der Waals surface area contributed by atoms with Crippen LogP contribution in [-0.2, 0) is 4.79 Å². The molecule has 2 aromatic rings. The Bertz CT molecular complexity index is 626. The average Bonchev–Trinajstić information content (AvgIpc) is 2.69. The van der Waals surface area contributed by atoms with Gasteiger partial charge in [-0.25, -0.2) is 0 Å². The van der Waals surface area contributed by atoms with Crippen LogP contribution in [0.2, 0.25) is 0 Å². The zero-order chi connectivity index (χ0) is 11.8. The van der Waals surface area contributed by atoms with Crippen LogP contribution in [0.3, 0.4) is 0 Å². The van der Waals surface area contributed by atoms with E-state index < -0.39 is 0 Å². The number of aliphatic imine (C=N–C) groups is 1. The van der Waals surface area contributed by atoms with Crippen molar-refractivity contribution >= 4 is 22.5 Å². The molecule has 1 aliphatic heterocycles. The first-order valence-corrected chi connectivity index (χ1v) is 5.62. The summed E-state index contributed by atoms with van der Waals surface area (Å²) in [5.74, 6) is 0.646. The monoisotopic (exact) mass is 224 g/mol. The number of rotatable bonds is 1. The van der Waals surface area contributed by atoms with E-state index >= 15 is 0 Å². The van der Waals surface area contributed by atoms with Gasteiger partial charge in [-0.1, -0.05) is 42.5 Å². The number of benzene rings is 2. The van der Waals surface area contributed by atoms with Crippen LogP contribution >= 0.6 is 0 Å². The Morgan fingerprint density at radius 2 is 1.88 bits per heavy atom. The van der Waals surface area contributed by atoms with Crippen molar-refractivity contribution in [3.05, 3.63) is 48.0 Å². The summed E-state index contributed by atoms with van der Waals surface area (Å²) in [6.07, 6.45) is 0. The highest BCUT2D eigenvalue weighted by atomic mass is 16.2. The lowest BCUT2D eigenvalue weighted by Crippen LogP contribution is -2.28. The summed E-state index contributed by atoms with van der Waals surface area (Å²) in [5, 5.41) is 5.09. The van der Waals surface area contributed by atoms with Crippen LogP contribution in [0, 0.1) is 0 Å². The summed E-state index contributed by atoms with van der Waals surface area (Å²) >= 11 is 0.